The van der Waals surface area contributed by atoms with Crippen molar-refractivity contribution < 1.29 is 18.4 Å². The predicted molar refractivity (Wildman–Crippen MR) is 78.8 cm³/mol. The average molecular weight is 292 g/mol. The molecule has 0 unspecified atom stereocenters. The van der Waals surface area contributed by atoms with Gasteiger partial charge in [0.25, 0.3) is 0 Å². The van der Waals surface area contributed by atoms with Gasteiger partial charge in [0.2, 0.25) is 5.90 Å². The van der Waals surface area contributed by atoms with Crippen LogP contribution < -0.4 is 5.46 Å². The van der Waals surface area contributed by atoms with E-state index in [4.69, 9.17) is 20.1 Å². The zero-order valence-corrected chi connectivity index (χ0v) is 12.5. The summed E-state index contributed by atoms with van der Waals surface area (Å²) in [4.78, 5) is 0. The lowest BCUT2D eigenvalue weighted by Crippen LogP contribution is -2.41. The summed E-state index contributed by atoms with van der Waals surface area (Å²) < 4.78 is 30.4. The fourth-order valence-electron chi connectivity index (χ4n) is 1.96. The van der Waals surface area contributed by atoms with E-state index in [1.165, 1.54) is 18.2 Å². The molecule has 2 N–H and O–H groups in total. The third kappa shape index (κ3) is 2.84. The smallest absolute Gasteiger partial charge is 0.428 e. The van der Waals surface area contributed by atoms with Crippen LogP contribution in [-0.4, -0.2) is 30.6 Å². The first-order valence-electron chi connectivity index (χ1n) is 6.57. The summed E-state index contributed by atoms with van der Waals surface area (Å²) >= 11 is 0. The summed E-state index contributed by atoms with van der Waals surface area (Å²) in [7, 11) is -0.845. The number of hydrogen-bond acceptors (Lipinski definition) is 5. The zero-order chi connectivity index (χ0) is 15.8. The summed E-state index contributed by atoms with van der Waals surface area (Å²) in [6, 6.07) is 4.09. The van der Waals surface area contributed by atoms with E-state index >= 15 is 0 Å². The third-order valence-corrected chi connectivity index (χ3v) is 3.94. The van der Waals surface area contributed by atoms with Gasteiger partial charge in [0.15, 0.2) is 6.40 Å². The van der Waals surface area contributed by atoms with Crippen LogP contribution in [0.3, 0.4) is 0 Å². The van der Waals surface area contributed by atoms with Gasteiger partial charge in [0.1, 0.15) is 5.82 Å². The second-order valence-electron chi connectivity index (χ2n) is 5.89. The number of hydrogen-bond donors (Lipinski definition) is 2. The van der Waals surface area contributed by atoms with Crippen molar-refractivity contribution in [1.82, 2.24) is 0 Å². The molecule has 0 saturated carbocycles. The van der Waals surface area contributed by atoms with Gasteiger partial charge in [0.05, 0.1) is 11.2 Å². The Labute approximate surface area is 123 Å². The number of ether oxygens (including phenoxy) is 1. The molecular weight excluding hydrogens is 274 g/mol. The van der Waals surface area contributed by atoms with Gasteiger partial charge in [-0.2, -0.15) is 0 Å². The second-order valence-corrected chi connectivity index (χ2v) is 5.89. The predicted octanol–water partition coefficient (Wildman–Crippen LogP) is 2.07. The Balaban J connectivity index is 2.35. The first-order chi connectivity index (χ1) is 9.68. The molecule has 5 nitrogen and oxygen atoms in total. The number of halogens is 1. The maximum Gasteiger partial charge on any atom is 0.497 e. The van der Waals surface area contributed by atoms with E-state index in [-0.39, 0.29) is 11.4 Å². The third-order valence-electron chi connectivity index (χ3n) is 3.94. The Hall–Kier alpha value is -1.73. The molecule has 2 rings (SSSR count). The molecule has 0 aromatic heterocycles. The highest BCUT2D eigenvalue weighted by Crippen LogP contribution is 2.36. The van der Waals surface area contributed by atoms with Crippen LogP contribution in [0.5, 0.6) is 0 Å². The molecule has 1 aliphatic rings. The van der Waals surface area contributed by atoms with Crippen molar-refractivity contribution in [3.63, 3.8) is 0 Å². The Morgan fingerprint density at radius 1 is 1.24 bits per heavy atom. The molecule has 0 bridgehead atoms. The molecule has 0 amide bonds. The fourth-order valence-corrected chi connectivity index (χ4v) is 1.96. The van der Waals surface area contributed by atoms with Crippen molar-refractivity contribution in [2.45, 2.75) is 38.9 Å². The van der Waals surface area contributed by atoms with Gasteiger partial charge >= 0.3 is 7.12 Å². The van der Waals surface area contributed by atoms with E-state index < -0.39 is 24.1 Å². The summed E-state index contributed by atoms with van der Waals surface area (Å²) in [6.07, 6.45) is 0.653. The molecule has 0 spiro atoms. The quantitative estimate of drug-likeness (QED) is 0.509. The Morgan fingerprint density at radius 3 is 2.33 bits per heavy atom. The molecular formula is C14H18BFN2O3. The lowest BCUT2D eigenvalue weighted by molar-refractivity contribution is 0.00578. The summed E-state index contributed by atoms with van der Waals surface area (Å²) in [5.74, 6) is -0.706. The molecule has 0 atom stereocenters. The van der Waals surface area contributed by atoms with Crippen molar-refractivity contribution in [1.29, 1.82) is 10.8 Å². The minimum Gasteiger partial charge on any atom is -0.428 e. The number of nitrogens with one attached hydrogen (secondary N) is 2. The Kier molecular flexibility index (Phi) is 3.90. The average Bonchev–Trinajstić information content (AvgIpc) is 2.59. The van der Waals surface area contributed by atoms with E-state index in [1.54, 1.807) is 0 Å². The van der Waals surface area contributed by atoms with Crippen molar-refractivity contribution in [2.75, 3.05) is 0 Å². The zero-order valence-electron chi connectivity index (χ0n) is 12.5. The van der Waals surface area contributed by atoms with E-state index in [1.807, 2.05) is 27.7 Å². The fraction of sp³-hybridized carbons (Fsp3) is 0.429. The highest BCUT2D eigenvalue weighted by atomic mass is 19.1. The van der Waals surface area contributed by atoms with Crippen molar-refractivity contribution in [2.24, 2.45) is 0 Å². The monoisotopic (exact) mass is 292 g/mol. The van der Waals surface area contributed by atoms with E-state index in [9.17, 15) is 4.39 Å². The maximum absolute atomic E-state index is 14.1. The van der Waals surface area contributed by atoms with Crippen molar-refractivity contribution in [3.8, 4) is 0 Å². The van der Waals surface area contributed by atoms with Crippen molar-refractivity contribution in [3.05, 3.63) is 29.6 Å². The first kappa shape index (κ1) is 15.7. The molecule has 1 heterocycles. The summed E-state index contributed by atoms with van der Waals surface area (Å²) in [6.45, 7) is 7.54. The normalized spacial score (nSPS) is 19.4. The van der Waals surface area contributed by atoms with Crippen LogP contribution in [0.1, 0.15) is 33.3 Å². The van der Waals surface area contributed by atoms with Crippen LogP contribution in [0, 0.1) is 16.6 Å². The van der Waals surface area contributed by atoms with E-state index in [0.29, 0.717) is 12.0 Å². The van der Waals surface area contributed by atoms with Gasteiger partial charge in [-0.3, -0.25) is 10.8 Å². The lowest BCUT2D eigenvalue weighted by Gasteiger charge is -2.32. The van der Waals surface area contributed by atoms with Crippen molar-refractivity contribution >= 4 is 24.9 Å². The Morgan fingerprint density at radius 2 is 1.81 bits per heavy atom. The molecule has 0 radical (unpaired) electrons. The maximum atomic E-state index is 14.1. The van der Waals surface area contributed by atoms with Crippen LogP contribution in [-0.2, 0) is 14.0 Å². The van der Waals surface area contributed by atoms with Crippen LogP contribution in [0.25, 0.3) is 0 Å². The molecule has 1 aromatic rings. The van der Waals surface area contributed by atoms with Crippen LogP contribution in [0.15, 0.2) is 18.2 Å². The summed E-state index contributed by atoms with van der Waals surface area (Å²) in [5, 5.41) is 14.5. The molecule has 1 fully saturated rings. The van der Waals surface area contributed by atoms with Gasteiger partial charge in [-0.25, -0.2) is 4.39 Å². The van der Waals surface area contributed by atoms with Gasteiger partial charge in [-0.1, -0.05) is 0 Å². The van der Waals surface area contributed by atoms with Crippen LogP contribution in [0.2, 0.25) is 0 Å². The Bertz CT molecular complexity index is 574. The standard InChI is InChI=1S/C14H18BFN2O3/c1-13(2)14(3,4)21-15(20-13)10-7-9(5-6-11(10)16)12(18)19-8-17/h5-8,17-18H,1-4H3. The minimum atomic E-state index is -0.845. The molecule has 112 valence electrons. The highest BCUT2D eigenvalue weighted by molar-refractivity contribution is 6.62. The van der Waals surface area contributed by atoms with Gasteiger partial charge in [-0.15, -0.1) is 0 Å². The minimum absolute atomic E-state index is 0.212. The van der Waals surface area contributed by atoms with E-state index in [0.717, 1.165) is 0 Å². The molecule has 1 saturated heterocycles. The molecule has 7 heteroatoms. The molecule has 0 aliphatic carbocycles. The molecule has 1 aromatic carbocycles. The second kappa shape index (κ2) is 5.24. The first-order valence-corrected chi connectivity index (χ1v) is 6.57. The van der Waals surface area contributed by atoms with Gasteiger partial charge < -0.3 is 14.0 Å². The topological polar surface area (TPSA) is 75.4 Å². The SMILES string of the molecule is CC1(C)OB(c2cc(C(=N)OC=N)ccc2F)OC1(C)C. The van der Waals surface area contributed by atoms with Gasteiger partial charge in [-0.05, 0) is 45.9 Å². The van der Waals surface area contributed by atoms with Crippen LogP contribution in [0.4, 0.5) is 4.39 Å². The van der Waals surface area contributed by atoms with E-state index in [2.05, 4.69) is 4.74 Å². The lowest BCUT2D eigenvalue weighted by atomic mass is 9.78. The number of rotatable bonds is 3. The largest absolute Gasteiger partial charge is 0.497 e. The molecule has 21 heavy (non-hydrogen) atoms. The van der Waals surface area contributed by atoms with Crippen LogP contribution >= 0.6 is 0 Å². The molecule has 1 aliphatic heterocycles. The number of benzene rings is 1. The highest BCUT2D eigenvalue weighted by Gasteiger charge is 2.52. The van der Waals surface area contributed by atoms with Gasteiger partial charge in [0, 0.05) is 11.0 Å². The summed E-state index contributed by atoms with van der Waals surface area (Å²) in [5.41, 5.74) is -0.577.